The number of phosphoric ester groups is 1. The van der Waals surface area contributed by atoms with Crippen molar-refractivity contribution in [3.05, 3.63) is 0 Å². The van der Waals surface area contributed by atoms with Gasteiger partial charge in [0.1, 0.15) is 29.9 Å². The number of aliphatic hydroxyl groups is 3. The molecule has 0 saturated carbocycles. The predicted molar refractivity (Wildman–Crippen MR) is 274 cm³/mol. The number of hydrogen-bond acceptors (Lipinski definition) is 20. The number of hydrogen-bond donors (Lipinski definition) is 13. The molecule has 0 aromatic rings. The SMILES string of the molecule is COP(=O)(O)OCCCCCCNC(=O)CCCC(=O)NC(COCCC(=O)NCCCN)(COCCC(=O)NCCCN)COCCC(=O)NCCCNC(=O)CCCCOC1OC(CO)C(O)C(O)C1NC(C)=O. The van der Waals surface area contributed by atoms with Crippen LogP contribution in [0.4, 0.5) is 0 Å². The Kier molecular flexibility index (Phi) is 39.6. The molecule has 15 N–H and O–H groups in total. The zero-order chi connectivity index (χ0) is 56.5. The van der Waals surface area contributed by atoms with Crippen LogP contribution < -0.4 is 48.7 Å². The summed E-state index contributed by atoms with van der Waals surface area (Å²) in [4.78, 5) is 96.9. The highest BCUT2D eigenvalue weighted by Crippen LogP contribution is 2.42. The Hall–Kier alpha value is -4.00. The predicted octanol–water partition coefficient (Wildman–Crippen LogP) is -2.65. The van der Waals surface area contributed by atoms with E-state index >= 15 is 0 Å². The molecule has 0 radical (unpaired) electrons. The monoisotopic (exact) mass is 1120 g/mol. The van der Waals surface area contributed by atoms with Crippen molar-refractivity contribution in [3.63, 3.8) is 0 Å². The van der Waals surface area contributed by atoms with E-state index in [1.165, 1.54) is 6.92 Å². The van der Waals surface area contributed by atoms with E-state index in [-0.39, 0.29) is 140 Å². The molecule has 1 aliphatic heterocycles. The van der Waals surface area contributed by atoms with E-state index in [0.29, 0.717) is 84.1 Å². The summed E-state index contributed by atoms with van der Waals surface area (Å²) in [5, 5.41) is 49.4. The van der Waals surface area contributed by atoms with Crippen molar-refractivity contribution in [2.45, 2.75) is 146 Å². The van der Waals surface area contributed by atoms with E-state index in [9.17, 15) is 58.3 Å². The zero-order valence-electron chi connectivity index (χ0n) is 44.5. The standard InChI is InChI=1S/C47H90N9O19P/c1-35(58)55-43-45(66)44(65)36(31-57)75-46(43)73-26-8-5-13-37(59)53-24-12-25-54-41(63)18-30-72-34-47(32-70-28-16-39(61)51-22-10-19-48,33-71-29-17-40(62)52-23-11-20-49)56-42(64)15-9-14-38(60)50-21-6-3-4-7-27-74-76(67,68)69-2/h36,43-46,57,65-66H,3-34,48-49H2,1-2H3,(H,50,60)(H,51,61)(H,52,62)(H,53,59)(H,54,63)(H,55,58)(H,56,64)(H,67,68). The van der Waals surface area contributed by atoms with Crippen molar-refractivity contribution < 1.29 is 91.1 Å². The summed E-state index contributed by atoms with van der Waals surface area (Å²) in [5.41, 5.74) is 9.69. The van der Waals surface area contributed by atoms with Gasteiger partial charge in [0.25, 0.3) is 0 Å². The molecule has 1 aliphatic rings. The first-order valence-electron chi connectivity index (χ1n) is 26.2. The van der Waals surface area contributed by atoms with Crippen LogP contribution in [0.25, 0.3) is 0 Å². The lowest BCUT2D eigenvalue weighted by Gasteiger charge is -2.42. The summed E-state index contributed by atoms with van der Waals surface area (Å²) in [6.07, 6.45) is 0.415. The minimum atomic E-state index is -4.01. The van der Waals surface area contributed by atoms with E-state index in [0.717, 1.165) is 13.5 Å². The summed E-state index contributed by atoms with van der Waals surface area (Å²) in [5.74, 6) is -2.25. The second-order valence-corrected chi connectivity index (χ2v) is 19.7. The van der Waals surface area contributed by atoms with Crippen molar-refractivity contribution in [2.24, 2.45) is 11.5 Å². The molecule has 76 heavy (non-hydrogen) atoms. The van der Waals surface area contributed by atoms with Gasteiger partial charge in [-0.15, -0.1) is 0 Å². The molecule has 0 aromatic carbocycles. The molecule has 1 heterocycles. The first-order valence-corrected chi connectivity index (χ1v) is 27.7. The molecule has 0 aromatic heterocycles. The molecular weight excluding hydrogens is 1030 g/mol. The molecule has 1 saturated heterocycles. The van der Waals surface area contributed by atoms with Gasteiger partial charge in [-0.25, -0.2) is 4.57 Å². The molecular formula is C47H90N9O19P. The molecule has 0 bridgehead atoms. The number of unbranched alkanes of at least 4 members (excludes halogenated alkanes) is 4. The van der Waals surface area contributed by atoms with Gasteiger partial charge in [-0.2, -0.15) is 0 Å². The van der Waals surface area contributed by atoms with Gasteiger partial charge in [0, 0.05) is 91.9 Å². The fourth-order valence-electron chi connectivity index (χ4n) is 7.18. The highest BCUT2D eigenvalue weighted by molar-refractivity contribution is 7.47. The summed E-state index contributed by atoms with van der Waals surface area (Å²) in [6.45, 7) is 2.73. The third kappa shape index (κ3) is 34.7. The number of ether oxygens (including phenoxy) is 5. The largest absolute Gasteiger partial charge is 0.471 e. The van der Waals surface area contributed by atoms with Crippen LogP contribution >= 0.6 is 7.82 Å². The fraction of sp³-hybridized carbons (Fsp3) is 0.851. The van der Waals surface area contributed by atoms with Crippen LogP contribution in [0.1, 0.15) is 110 Å². The second-order valence-electron chi connectivity index (χ2n) is 18.1. The average Bonchev–Trinajstić information content (AvgIpc) is 3.38. The Morgan fingerprint density at radius 3 is 1.50 bits per heavy atom. The smallest absolute Gasteiger partial charge is 0.394 e. The van der Waals surface area contributed by atoms with Gasteiger partial charge < -0.3 is 92.6 Å². The van der Waals surface area contributed by atoms with Crippen molar-refractivity contribution in [1.29, 1.82) is 0 Å². The highest BCUT2D eigenvalue weighted by atomic mass is 31.2. The lowest BCUT2D eigenvalue weighted by molar-refractivity contribution is -0.270. The maximum Gasteiger partial charge on any atom is 0.471 e. The van der Waals surface area contributed by atoms with Gasteiger partial charge >= 0.3 is 7.82 Å². The van der Waals surface area contributed by atoms with Gasteiger partial charge in [0.05, 0.1) is 52.9 Å². The van der Waals surface area contributed by atoms with Gasteiger partial charge in [0.2, 0.25) is 41.4 Å². The Balaban J connectivity index is 2.73. The Bertz CT molecular complexity index is 1680. The van der Waals surface area contributed by atoms with Crippen molar-refractivity contribution in [3.8, 4) is 0 Å². The molecule has 0 aliphatic carbocycles. The first-order chi connectivity index (χ1) is 36.4. The molecule has 29 heteroatoms. The molecule has 1 fully saturated rings. The van der Waals surface area contributed by atoms with E-state index < -0.39 is 62.4 Å². The van der Waals surface area contributed by atoms with Crippen LogP contribution in [0.2, 0.25) is 0 Å². The molecule has 7 amide bonds. The minimum Gasteiger partial charge on any atom is -0.394 e. The zero-order valence-corrected chi connectivity index (χ0v) is 45.4. The lowest BCUT2D eigenvalue weighted by atomic mass is 9.97. The summed E-state index contributed by atoms with van der Waals surface area (Å²) < 4.78 is 49.5. The number of rotatable bonds is 47. The number of amides is 7. The number of phosphoric acid groups is 1. The van der Waals surface area contributed by atoms with Crippen LogP contribution in [-0.2, 0) is 70.9 Å². The maximum atomic E-state index is 13.5. The van der Waals surface area contributed by atoms with Gasteiger partial charge in [-0.3, -0.25) is 42.6 Å². The average molecular weight is 1120 g/mol. The van der Waals surface area contributed by atoms with Crippen molar-refractivity contribution in [1.82, 2.24) is 37.2 Å². The van der Waals surface area contributed by atoms with E-state index in [1.54, 1.807) is 0 Å². The highest BCUT2D eigenvalue weighted by Gasteiger charge is 2.45. The third-order valence-electron chi connectivity index (χ3n) is 11.4. The van der Waals surface area contributed by atoms with Gasteiger partial charge in [-0.1, -0.05) is 12.8 Å². The topological polar surface area (TPSA) is 418 Å². The summed E-state index contributed by atoms with van der Waals surface area (Å²) in [6, 6.07) is -1.06. The lowest BCUT2D eigenvalue weighted by Crippen LogP contribution is -2.64. The summed E-state index contributed by atoms with van der Waals surface area (Å²) in [7, 11) is -2.93. The molecule has 6 unspecified atom stereocenters. The number of carbonyl (C=O) groups is 7. The number of nitrogens with one attached hydrogen (secondary N) is 7. The van der Waals surface area contributed by atoms with Crippen LogP contribution in [0.15, 0.2) is 0 Å². The third-order valence-corrected chi connectivity index (χ3v) is 12.4. The molecule has 442 valence electrons. The molecule has 1 rings (SSSR count). The maximum absolute atomic E-state index is 13.5. The van der Waals surface area contributed by atoms with Gasteiger partial charge in [0.15, 0.2) is 6.29 Å². The van der Waals surface area contributed by atoms with Crippen molar-refractivity contribution in [2.75, 3.05) is 112 Å². The molecule has 0 spiro atoms. The van der Waals surface area contributed by atoms with Crippen molar-refractivity contribution >= 4 is 49.2 Å². The minimum absolute atomic E-state index is 0.0113. The first kappa shape index (κ1) is 70.0. The molecule has 28 nitrogen and oxygen atoms in total. The number of carbonyl (C=O) groups excluding carboxylic acids is 7. The van der Waals surface area contributed by atoms with Gasteiger partial charge in [-0.05, 0) is 64.5 Å². The van der Waals surface area contributed by atoms with Crippen LogP contribution in [0, 0.1) is 0 Å². The quantitative estimate of drug-likeness (QED) is 0.0219. The second kappa shape index (κ2) is 43.0. The summed E-state index contributed by atoms with van der Waals surface area (Å²) >= 11 is 0. The Labute approximate surface area is 446 Å². The Morgan fingerprint density at radius 2 is 1.01 bits per heavy atom. The van der Waals surface area contributed by atoms with Crippen LogP contribution in [0.3, 0.4) is 0 Å². The number of nitrogens with two attached hydrogens (primary N) is 2. The Morgan fingerprint density at radius 1 is 0.566 bits per heavy atom. The number of aliphatic hydroxyl groups excluding tert-OH is 3. The normalized spacial score (nSPS) is 18.2. The van der Waals surface area contributed by atoms with E-state index in [4.69, 9.17) is 39.7 Å². The van der Waals surface area contributed by atoms with E-state index in [1.807, 2.05) is 0 Å². The van der Waals surface area contributed by atoms with Crippen LogP contribution in [0.5, 0.6) is 0 Å². The molecule has 6 atom stereocenters. The van der Waals surface area contributed by atoms with Crippen LogP contribution in [-0.4, -0.2) is 210 Å². The fourth-order valence-corrected chi connectivity index (χ4v) is 7.65. The van der Waals surface area contributed by atoms with E-state index in [2.05, 4.69) is 41.7 Å².